The molecule has 0 aromatic heterocycles. The van der Waals surface area contributed by atoms with Crippen molar-refractivity contribution in [3.63, 3.8) is 0 Å². The Morgan fingerprint density at radius 2 is 1.78 bits per heavy atom. The lowest BCUT2D eigenvalue weighted by molar-refractivity contribution is 0.154. The largest absolute Gasteiger partial charge is 0.358 e. The van der Waals surface area contributed by atoms with Gasteiger partial charge in [0.2, 0.25) is 0 Å². The van der Waals surface area contributed by atoms with Crippen LogP contribution >= 0.6 is 12.2 Å². The minimum atomic E-state index is -2.96. The first kappa shape index (κ1) is 22.1. The molecule has 1 fully saturated rings. The maximum atomic E-state index is 12.0. The second kappa shape index (κ2) is 9.85. The van der Waals surface area contributed by atoms with Crippen LogP contribution in [0, 0.1) is 0 Å². The highest BCUT2D eigenvalue weighted by Gasteiger charge is 2.33. The van der Waals surface area contributed by atoms with Crippen molar-refractivity contribution in [1.82, 2.24) is 15.1 Å². The first-order valence-corrected chi connectivity index (χ1v) is 12.0. The Hall–Kier alpha value is -1.18. The number of hydrogen-bond donors (Lipinski definition) is 1. The first-order valence-electron chi connectivity index (χ1n) is 9.74. The molecule has 27 heavy (non-hydrogen) atoms. The van der Waals surface area contributed by atoms with Crippen molar-refractivity contribution >= 4 is 27.2 Å². The van der Waals surface area contributed by atoms with E-state index in [9.17, 15) is 8.42 Å². The van der Waals surface area contributed by atoms with Crippen LogP contribution in [0.25, 0.3) is 0 Å². The molecule has 1 aromatic carbocycles. The average molecular weight is 412 g/mol. The van der Waals surface area contributed by atoms with Gasteiger partial charge in [0.15, 0.2) is 14.9 Å². The smallest absolute Gasteiger partial charge is 0.169 e. The molecule has 5 nitrogen and oxygen atoms in total. The molecule has 0 radical (unpaired) electrons. The van der Waals surface area contributed by atoms with E-state index >= 15 is 0 Å². The molecule has 152 valence electrons. The molecule has 1 aliphatic rings. The minimum absolute atomic E-state index is 0.0352. The number of hydrogen-bond acceptors (Lipinski definition) is 4. The molecule has 1 saturated heterocycles. The molecule has 7 heteroatoms. The summed E-state index contributed by atoms with van der Waals surface area (Å²) < 4.78 is 24.0. The summed E-state index contributed by atoms with van der Waals surface area (Å²) in [5.41, 5.74) is 1.16. The molecule has 0 amide bonds. The van der Waals surface area contributed by atoms with Gasteiger partial charge < -0.3 is 10.2 Å². The standard InChI is InChI=1S/C20H33N3O2S2/c1-16(2)22(17(3)4)11-12-23(19-10-13-27(24,25)15-19)20(26)21-14-18-8-6-5-7-9-18/h5-9,16-17,19H,10-15H2,1-4H3,(H,21,26)/t19-/m1/s1. The highest BCUT2D eigenvalue weighted by molar-refractivity contribution is 7.91. The summed E-state index contributed by atoms with van der Waals surface area (Å²) in [6.45, 7) is 11.0. The Morgan fingerprint density at radius 3 is 2.30 bits per heavy atom. The summed E-state index contributed by atoms with van der Waals surface area (Å²) in [7, 11) is -2.96. The molecule has 0 spiro atoms. The van der Waals surface area contributed by atoms with Gasteiger partial charge in [-0.05, 0) is 51.9 Å². The van der Waals surface area contributed by atoms with Crippen LogP contribution in [0.3, 0.4) is 0 Å². The van der Waals surface area contributed by atoms with Crippen molar-refractivity contribution < 1.29 is 8.42 Å². The van der Waals surface area contributed by atoms with Crippen LogP contribution < -0.4 is 5.32 Å². The minimum Gasteiger partial charge on any atom is -0.358 e. The van der Waals surface area contributed by atoms with E-state index in [0.717, 1.165) is 18.7 Å². The lowest BCUT2D eigenvalue weighted by Gasteiger charge is -2.36. The molecular weight excluding hydrogens is 378 g/mol. The molecule has 1 N–H and O–H groups in total. The highest BCUT2D eigenvalue weighted by atomic mass is 32.2. The zero-order chi connectivity index (χ0) is 20.0. The fourth-order valence-corrected chi connectivity index (χ4v) is 5.73. The number of rotatable bonds is 8. The van der Waals surface area contributed by atoms with Gasteiger partial charge >= 0.3 is 0 Å². The predicted molar refractivity (Wildman–Crippen MR) is 117 cm³/mol. The molecule has 0 aliphatic carbocycles. The van der Waals surface area contributed by atoms with Crippen molar-refractivity contribution in [2.24, 2.45) is 0 Å². The van der Waals surface area contributed by atoms with E-state index in [1.165, 1.54) is 0 Å². The summed E-state index contributed by atoms with van der Waals surface area (Å²) in [4.78, 5) is 4.51. The lowest BCUT2D eigenvalue weighted by Crippen LogP contribution is -2.51. The van der Waals surface area contributed by atoms with Crippen LogP contribution in [0.4, 0.5) is 0 Å². The van der Waals surface area contributed by atoms with Crippen LogP contribution in [0.15, 0.2) is 30.3 Å². The summed E-state index contributed by atoms with van der Waals surface area (Å²) in [6, 6.07) is 10.9. The molecule has 0 unspecified atom stereocenters. The number of nitrogens with zero attached hydrogens (tertiary/aromatic N) is 2. The van der Waals surface area contributed by atoms with E-state index in [1.54, 1.807) is 0 Å². The van der Waals surface area contributed by atoms with Gasteiger partial charge in [0.1, 0.15) is 0 Å². The van der Waals surface area contributed by atoms with Crippen LogP contribution in [-0.4, -0.2) is 66.1 Å². The molecule has 1 heterocycles. The maximum Gasteiger partial charge on any atom is 0.169 e. The number of benzene rings is 1. The molecule has 1 atom stereocenters. The Morgan fingerprint density at radius 1 is 1.15 bits per heavy atom. The van der Waals surface area contributed by atoms with Crippen molar-refractivity contribution in [3.05, 3.63) is 35.9 Å². The zero-order valence-electron chi connectivity index (χ0n) is 16.9. The molecule has 1 aliphatic heterocycles. The van der Waals surface area contributed by atoms with Crippen LogP contribution in [0.5, 0.6) is 0 Å². The van der Waals surface area contributed by atoms with Crippen molar-refractivity contribution in [1.29, 1.82) is 0 Å². The van der Waals surface area contributed by atoms with E-state index in [4.69, 9.17) is 12.2 Å². The Kier molecular flexibility index (Phi) is 8.06. The summed E-state index contributed by atoms with van der Waals surface area (Å²) in [5.74, 6) is 0.455. The van der Waals surface area contributed by atoms with E-state index in [0.29, 0.717) is 30.2 Å². The highest BCUT2D eigenvalue weighted by Crippen LogP contribution is 2.19. The Bertz CT molecular complexity index is 697. The van der Waals surface area contributed by atoms with Gasteiger partial charge in [-0.2, -0.15) is 0 Å². The second-order valence-corrected chi connectivity index (χ2v) is 10.4. The quantitative estimate of drug-likeness (QED) is 0.664. The first-order chi connectivity index (χ1) is 12.7. The van der Waals surface area contributed by atoms with Gasteiger partial charge in [-0.15, -0.1) is 0 Å². The fourth-order valence-electron chi connectivity index (χ4n) is 3.68. The molecule has 2 rings (SSSR count). The summed E-state index contributed by atoms with van der Waals surface area (Å²) in [5, 5.41) is 3.98. The van der Waals surface area contributed by atoms with Crippen molar-refractivity contribution in [3.8, 4) is 0 Å². The third-order valence-electron chi connectivity index (χ3n) is 5.12. The van der Waals surface area contributed by atoms with Crippen molar-refractivity contribution in [2.75, 3.05) is 24.6 Å². The van der Waals surface area contributed by atoms with E-state index < -0.39 is 9.84 Å². The van der Waals surface area contributed by atoms with Gasteiger partial charge in [0.25, 0.3) is 0 Å². The fraction of sp³-hybridized carbons (Fsp3) is 0.650. The zero-order valence-corrected chi connectivity index (χ0v) is 18.5. The van der Waals surface area contributed by atoms with Gasteiger partial charge in [-0.1, -0.05) is 30.3 Å². The molecule has 0 bridgehead atoms. The average Bonchev–Trinajstić information content (AvgIpc) is 2.96. The Balaban J connectivity index is 2.05. The topological polar surface area (TPSA) is 52.6 Å². The third-order valence-corrected chi connectivity index (χ3v) is 7.25. The number of sulfone groups is 1. The van der Waals surface area contributed by atoms with Gasteiger partial charge in [-0.3, -0.25) is 4.90 Å². The van der Waals surface area contributed by atoms with E-state index in [2.05, 4.69) is 54.9 Å². The Labute approximate surface area is 170 Å². The van der Waals surface area contributed by atoms with Crippen LogP contribution in [0.1, 0.15) is 39.7 Å². The lowest BCUT2D eigenvalue weighted by atomic mass is 10.2. The maximum absolute atomic E-state index is 12.0. The number of nitrogens with one attached hydrogen (secondary N) is 1. The van der Waals surface area contributed by atoms with Crippen LogP contribution in [0.2, 0.25) is 0 Å². The summed E-state index contributed by atoms with van der Waals surface area (Å²) >= 11 is 5.67. The molecule has 0 saturated carbocycles. The second-order valence-electron chi connectivity index (χ2n) is 7.82. The molecule has 1 aromatic rings. The number of thiocarbonyl (C=S) groups is 1. The normalized spacial score (nSPS) is 19.0. The SMILES string of the molecule is CC(C)N(CCN(C(=S)NCc1ccccc1)[C@@H]1CCS(=O)(=O)C1)C(C)C. The van der Waals surface area contributed by atoms with E-state index in [-0.39, 0.29) is 17.5 Å². The summed E-state index contributed by atoms with van der Waals surface area (Å²) in [6.07, 6.45) is 0.652. The van der Waals surface area contributed by atoms with Crippen molar-refractivity contribution in [2.45, 2.75) is 58.8 Å². The van der Waals surface area contributed by atoms with Gasteiger partial charge in [0.05, 0.1) is 11.5 Å². The van der Waals surface area contributed by atoms with E-state index in [1.807, 2.05) is 18.2 Å². The third kappa shape index (κ3) is 6.73. The van der Waals surface area contributed by atoms with Gasteiger partial charge in [0, 0.05) is 37.8 Å². The van der Waals surface area contributed by atoms with Gasteiger partial charge in [-0.25, -0.2) is 8.42 Å². The monoisotopic (exact) mass is 411 g/mol. The predicted octanol–water partition coefficient (Wildman–Crippen LogP) is 2.67. The van der Waals surface area contributed by atoms with Crippen LogP contribution in [-0.2, 0) is 16.4 Å². The molecular formula is C20H33N3O2S2.